The molecular weight excluding hydrogens is 218 g/mol. The maximum Gasteiger partial charge on any atom is 0.271 e. The van der Waals surface area contributed by atoms with Gasteiger partial charge in [-0.2, -0.15) is 0 Å². The Morgan fingerprint density at radius 2 is 2.12 bits per heavy atom. The summed E-state index contributed by atoms with van der Waals surface area (Å²) in [6.07, 6.45) is 1.09. The predicted molar refractivity (Wildman–Crippen MR) is 55.1 cm³/mol. The monoisotopic (exact) mass is 231 g/mol. The Labute approximate surface area is 91.4 Å². The van der Waals surface area contributed by atoms with Gasteiger partial charge in [0.05, 0.1) is 0 Å². The van der Waals surface area contributed by atoms with Gasteiger partial charge in [-0.15, -0.1) is 0 Å². The van der Waals surface area contributed by atoms with Gasteiger partial charge in [-0.1, -0.05) is 0 Å². The molecule has 0 saturated carbocycles. The average Bonchev–Trinajstić information content (AvgIpc) is 2.59. The van der Waals surface area contributed by atoms with E-state index >= 15 is 0 Å². The molecule has 16 heavy (non-hydrogen) atoms. The van der Waals surface area contributed by atoms with Crippen LogP contribution in [-0.4, -0.2) is 47.0 Å². The smallest absolute Gasteiger partial charge is 0.271 e. The topological polar surface area (TPSA) is 114 Å². The molecule has 9 nitrogen and oxygen atoms in total. The maximum absolute atomic E-state index is 10.2. The first-order valence-electron chi connectivity index (χ1n) is 4.93. The zero-order valence-corrected chi connectivity index (χ0v) is 8.66. The van der Waals surface area contributed by atoms with Crippen molar-refractivity contribution < 1.29 is 9.96 Å². The van der Waals surface area contributed by atoms with E-state index in [1.54, 1.807) is 4.90 Å². The highest BCUT2D eigenvalue weighted by atomic mass is 16.7. The summed E-state index contributed by atoms with van der Waals surface area (Å²) in [5.74, 6) is 0.242. The number of unbranched alkanes of at least 4 members (excludes halogenated alkanes) is 1. The van der Waals surface area contributed by atoms with Gasteiger partial charge in [-0.05, 0) is 6.42 Å². The summed E-state index contributed by atoms with van der Waals surface area (Å²) < 4.78 is 0. The quantitative estimate of drug-likeness (QED) is 0.374. The number of hydrogen-bond donors (Lipinski definition) is 1. The fourth-order valence-corrected chi connectivity index (χ4v) is 1.46. The van der Waals surface area contributed by atoms with E-state index in [4.69, 9.17) is 0 Å². The molecule has 0 aromatic carbocycles. The fraction of sp³-hybridized carbons (Fsp3) is 0.857. The highest BCUT2D eigenvalue weighted by Crippen LogP contribution is 2.01. The van der Waals surface area contributed by atoms with Crippen LogP contribution in [0.1, 0.15) is 12.8 Å². The number of nitrogens with zero attached hydrogens (tertiary/aromatic N) is 4. The molecule has 0 unspecified atom stereocenters. The molecule has 90 valence electrons. The zero-order chi connectivity index (χ0) is 12.0. The Morgan fingerprint density at radius 3 is 2.75 bits per heavy atom. The highest BCUT2D eigenvalue weighted by Gasteiger charge is 2.20. The standard InChI is InChI=1S/C7H13N5O4/c13-11(14)5-2-1-4-10-6-3-8-7(10)9-12(15)16/h1-6H2,(H,8,9). The minimum absolute atomic E-state index is 0.0665. The molecule has 1 heterocycles. The number of rotatable bonds is 6. The third-order valence-electron chi connectivity index (χ3n) is 2.16. The van der Waals surface area contributed by atoms with Gasteiger partial charge in [0, 0.05) is 31.0 Å². The molecule has 9 heteroatoms. The first-order chi connectivity index (χ1) is 7.59. The lowest BCUT2D eigenvalue weighted by Gasteiger charge is -2.14. The molecule has 0 aromatic rings. The van der Waals surface area contributed by atoms with Gasteiger partial charge in [-0.3, -0.25) is 10.1 Å². The van der Waals surface area contributed by atoms with E-state index in [1.165, 1.54) is 0 Å². The zero-order valence-electron chi connectivity index (χ0n) is 8.66. The van der Waals surface area contributed by atoms with Crippen molar-refractivity contribution >= 4 is 5.96 Å². The van der Waals surface area contributed by atoms with Crippen LogP contribution in [0.2, 0.25) is 0 Å². The van der Waals surface area contributed by atoms with Crippen LogP contribution >= 0.6 is 0 Å². The van der Waals surface area contributed by atoms with Crippen molar-refractivity contribution in [3.8, 4) is 0 Å². The van der Waals surface area contributed by atoms with Gasteiger partial charge in [0.1, 0.15) is 5.10 Å². The van der Waals surface area contributed by atoms with Gasteiger partial charge in [0.2, 0.25) is 6.54 Å². The molecule has 0 atom stereocenters. The van der Waals surface area contributed by atoms with Gasteiger partial charge >= 0.3 is 0 Å². The van der Waals surface area contributed by atoms with Crippen molar-refractivity contribution in [1.82, 2.24) is 10.2 Å². The van der Waals surface area contributed by atoms with Crippen molar-refractivity contribution in [1.29, 1.82) is 0 Å². The Hall–Kier alpha value is -1.93. The highest BCUT2D eigenvalue weighted by molar-refractivity contribution is 5.81. The minimum Gasteiger partial charge on any atom is -0.349 e. The van der Waals surface area contributed by atoms with E-state index in [0.29, 0.717) is 32.5 Å². The van der Waals surface area contributed by atoms with Crippen LogP contribution in [0.3, 0.4) is 0 Å². The first-order valence-corrected chi connectivity index (χ1v) is 4.93. The van der Waals surface area contributed by atoms with E-state index < -0.39 is 5.03 Å². The SMILES string of the molecule is O=[N+]([O-])CCCCN1CCN/C1=N\[N+](=O)[O-]. The lowest BCUT2D eigenvalue weighted by Crippen LogP contribution is -2.32. The van der Waals surface area contributed by atoms with Gasteiger partial charge < -0.3 is 10.2 Å². The number of nitrogens with one attached hydrogen (secondary N) is 1. The summed E-state index contributed by atoms with van der Waals surface area (Å²) >= 11 is 0. The minimum atomic E-state index is -0.752. The molecule has 0 radical (unpaired) electrons. The molecule has 0 amide bonds. The molecule has 1 rings (SSSR count). The lowest BCUT2D eigenvalue weighted by molar-refractivity contribution is -0.485. The molecular formula is C7H13N5O4. The third-order valence-corrected chi connectivity index (χ3v) is 2.16. The van der Waals surface area contributed by atoms with Crippen LogP contribution in [0, 0.1) is 20.2 Å². The largest absolute Gasteiger partial charge is 0.349 e. The molecule has 1 aliphatic heterocycles. The van der Waals surface area contributed by atoms with Crippen molar-refractivity contribution in [3.05, 3.63) is 20.2 Å². The van der Waals surface area contributed by atoms with Crippen LogP contribution < -0.4 is 5.32 Å². The number of guanidine groups is 1. The Morgan fingerprint density at radius 1 is 1.38 bits per heavy atom. The number of hydrazone groups is 1. The van der Waals surface area contributed by atoms with E-state index in [2.05, 4.69) is 10.4 Å². The second-order valence-electron chi connectivity index (χ2n) is 3.34. The van der Waals surface area contributed by atoms with Gasteiger partial charge in [0.25, 0.3) is 5.96 Å². The van der Waals surface area contributed by atoms with Crippen LogP contribution in [0.25, 0.3) is 0 Å². The summed E-state index contributed by atoms with van der Waals surface area (Å²) in [4.78, 5) is 21.6. The van der Waals surface area contributed by atoms with Crippen molar-refractivity contribution in [2.24, 2.45) is 5.10 Å². The average molecular weight is 231 g/mol. The van der Waals surface area contributed by atoms with Gasteiger partial charge in [-0.25, -0.2) is 10.1 Å². The summed E-state index contributed by atoms with van der Waals surface area (Å²) in [7, 11) is 0. The molecule has 0 bridgehead atoms. The third kappa shape index (κ3) is 4.07. The van der Waals surface area contributed by atoms with Crippen LogP contribution in [0.15, 0.2) is 5.10 Å². The van der Waals surface area contributed by atoms with E-state index in [0.717, 1.165) is 0 Å². The number of nitro groups is 2. The second-order valence-corrected chi connectivity index (χ2v) is 3.34. The Bertz CT molecular complexity index is 305. The summed E-state index contributed by atoms with van der Waals surface area (Å²) in [5, 5.41) is 25.5. The van der Waals surface area contributed by atoms with E-state index in [-0.39, 0.29) is 17.4 Å². The second kappa shape index (κ2) is 5.83. The predicted octanol–water partition coefficient (Wildman–Crippen LogP) is -0.504. The molecule has 1 aliphatic rings. The molecule has 1 fully saturated rings. The fourth-order valence-electron chi connectivity index (χ4n) is 1.46. The number of hydrogen-bond acceptors (Lipinski definition) is 4. The lowest BCUT2D eigenvalue weighted by atomic mass is 10.3. The summed E-state index contributed by atoms with van der Waals surface area (Å²) in [6.45, 7) is 1.74. The normalized spacial score (nSPS) is 17.5. The molecule has 0 spiro atoms. The van der Waals surface area contributed by atoms with Crippen molar-refractivity contribution in [2.75, 3.05) is 26.2 Å². The molecule has 1 saturated heterocycles. The van der Waals surface area contributed by atoms with Crippen LogP contribution in [-0.2, 0) is 0 Å². The maximum atomic E-state index is 10.2. The Balaban J connectivity index is 2.30. The van der Waals surface area contributed by atoms with Crippen molar-refractivity contribution in [3.63, 3.8) is 0 Å². The van der Waals surface area contributed by atoms with E-state index in [9.17, 15) is 20.2 Å². The van der Waals surface area contributed by atoms with Crippen LogP contribution in [0.5, 0.6) is 0 Å². The molecule has 0 aromatic heterocycles. The molecule has 0 aliphatic carbocycles. The van der Waals surface area contributed by atoms with E-state index in [1.807, 2.05) is 0 Å². The molecule has 1 N–H and O–H groups in total. The van der Waals surface area contributed by atoms with Gasteiger partial charge in [0.15, 0.2) is 5.03 Å². The first kappa shape index (κ1) is 12.1. The van der Waals surface area contributed by atoms with Crippen molar-refractivity contribution in [2.45, 2.75) is 12.8 Å². The Kier molecular flexibility index (Phi) is 4.42. The summed E-state index contributed by atoms with van der Waals surface area (Å²) in [5.41, 5.74) is 0. The van der Waals surface area contributed by atoms with Crippen LogP contribution in [0.4, 0.5) is 0 Å². The summed E-state index contributed by atoms with van der Waals surface area (Å²) in [6, 6.07) is 0.